The van der Waals surface area contributed by atoms with Gasteiger partial charge in [0.2, 0.25) is 11.8 Å². The highest BCUT2D eigenvalue weighted by Crippen LogP contribution is 2.22. The molecule has 0 aromatic carbocycles. The van der Waals surface area contributed by atoms with Crippen LogP contribution in [0.1, 0.15) is 37.9 Å². The second-order valence-corrected chi connectivity index (χ2v) is 6.45. The number of hydrogen-bond acceptors (Lipinski definition) is 4. The number of nitrogens with zero attached hydrogens (tertiary/aromatic N) is 2. The minimum Gasteiger partial charge on any atom is -0.343 e. The summed E-state index contributed by atoms with van der Waals surface area (Å²) in [4.78, 5) is 30.8. The first-order chi connectivity index (χ1) is 9.43. The number of carbonyl (C=O) groups is 2. The summed E-state index contributed by atoms with van der Waals surface area (Å²) in [6.07, 6.45) is 0.614. The van der Waals surface area contributed by atoms with Gasteiger partial charge in [-0.15, -0.1) is 11.3 Å². The van der Waals surface area contributed by atoms with Crippen molar-refractivity contribution in [2.24, 2.45) is 5.92 Å². The molecule has 0 aliphatic carbocycles. The molecule has 1 aromatic rings. The maximum Gasteiger partial charge on any atom is 0.246 e. The van der Waals surface area contributed by atoms with E-state index in [-0.39, 0.29) is 17.7 Å². The Morgan fingerprint density at radius 3 is 2.65 bits per heavy atom. The quantitative estimate of drug-likeness (QED) is 0.920. The van der Waals surface area contributed by atoms with E-state index in [0.29, 0.717) is 13.0 Å². The lowest BCUT2D eigenvalue weighted by molar-refractivity contribution is -0.152. The molecule has 6 heteroatoms. The third-order valence-corrected chi connectivity index (χ3v) is 4.47. The van der Waals surface area contributed by atoms with E-state index in [0.717, 1.165) is 10.7 Å². The Kier molecular flexibility index (Phi) is 4.42. The number of piperazine rings is 1. The van der Waals surface area contributed by atoms with Gasteiger partial charge >= 0.3 is 0 Å². The number of carbonyl (C=O) groups excluding carboxylic acids is 2. The van der Waals surface area contributed by atoms with Gasteiger partial charge in [-0.05, 0) is 19.3 Å². The number of rotatable bonds is 4. The Morgan fingerprint density at radius 1 is 1.45 bits per heavy atom. The van der Waals surface area contributed by atoms with E-state index in [9.17, 15) is 9.59 Å². The van der Waals surface area contributed by atoms with E-state index in [1.807, 2.05) is 33.1 Å². The fourth-order valence-electron chi connectivity index (χ4n) is 2.53. The second kappa shape index (κ2) is 5.91. The molecule has 1 aromatic heterocycles. The molecule has 2 heterocycles. The van der Waals surface area contributed by atoms with Gasteiger partial charge in [0.25, 0.3) is 0 Å². The minimum absolute atomic E-state index is 0.00125. The van der Waals surface area contributed by atoms with E-state index in [1.165, 1.54) is 11.3 Å². The van der Waals surface area contributed by atoms with Crippen LogP contribution in [0, 0.1) is 12.8 Å². The number of thiazole rings is 1. The molecule has 1 aliphatic rings. The largest absolute Gasteiger partial charge is 0.343 e. The first-order valence-corrected chi connectivity index (χ1v) is 7.83. The van der Waals surface area contributed by atoms with Gasteiger partial charge < -0.3 is 10.2 Å². The normalized spacial score (nSPS) is 23.4. The van der Waals surface area contributed by atoms with Gasteiger partial charge in [0.15, 0.2) is 0 Å². The number of amides is 2. The summed E-state index contributed by atoms with van der Waals surface area (Å²) in [5, 5.41) is 5.67. The third-order valence-electron chi connectivity index (χ3n) is 3.51. The average Bonchev–Trinajstić information content (AvgIpc) is 2.78. The summed E-state index contributed by atoms with van der Waals surface area (Å²) < 4.78 is 0. The van der Waals surface area contributed by atoms with Crippen LogP contribution < -0.4 is 5.32 Å². The molecule has 0 radical (unpaired) electrons. The van der Waals surface area contributed by atoms with Crippen LogP contribution in [-0.2, 0) is 16.1 Å². The molecule has 1 saturated heterocycles. The smallest absolute Gasteiger partial charge is 0.246 e. The highest BCUT2D eigenvalue weighted by atomic mass is 32.1. The maximum atomic E-state index is 12.5. The van der Waals surface area contributed by atoms with Gasteiger partial charge in [-0.3, -0.25) is 9.59 Å². The van der Waals surface area contributed by atoms with E-state index >= 15 is 0 Å². The Bertz CT molecular complexity index is 512. The number of aryl methyl sites for hydroxylation is 1. The molecule has 2 rings (SSSR count). The van der Waals surface area contributed by atoms with E-state index in [2.05, 4.69) is 10.3 Å². The van der Waals surface area contributed by atoms with Crippen molar-refractivity contribution in [1.29, 1.82) is 0 Å². The van der Waals surface area contributed by atoms with Gasteiger partial charge in [0.1, 0.15) is 17.1 Å². The molecular weight excluding hydrogens is 274 g/mol. The Labute approximate surface area is 123 Å². The highest BCUT2D eigenvalue weighted by Gasteiger charge is 2.41. The summed E-state index contributed by atoms with van der Waals surface area (Å²) >= 11 is 1.53. The molecule has 2 amide bonds. The fourth-order valence-corrected chi connectivity index (χ4v) is 3.30. The summed E-state index contributed by atoms with van der Waals surface area (Å²) in [5.41, 5.74) is 0.951. The molecule has 5 nitrogen and oxygen atoms in total. The summed E-state index contributed by atoms with van der Waals surface area (Å²) in [6, 6.07) is -0.812. The van der Waals surface area contributed by atoms with Crippen LogP contribution in [0.25, 0.3) is 0 Å². The summed E-state index contributed by atoms with van der Waals surface area (Å²) in [6.45, 7) is 8.18. The molecule has 1 fully saturated rings. The monoisotopic (exact) mass is 295 g/mol. The minimum atomic E-state index is -0.408. The van der Waals surface area contributed by atoms with Gasteiger partial charge in [-0.2, -0.15) is 0 Å². The zero-order valence-electron chi connectivity index (χ0n) is 12.3. The molecule has 110 valence electrons. The molecule has 0 saturated carbocycles. The maximum absolute atomic E-state index is 12.5. The third kappa shape index (κ3) is 2.85. The average molecular weight is 295 g/mol. The van der Waals surface area contributed by atoms with Crippen molar-refractivity contribution in [3.63, 3.8) is 0 Å². The molecule has 2 atom stereocenters. The lowest BCUT2D eigenvalue weighted by Crippen LogP contribution is -2.64. The predicted octanol–water partition coefficient (Wildman–Crippen LogP) is 1.71. The molecule has 1 aliphatic heterocycles. The van der Waals surface area contributed by atoms with Crippen molar-refractivity contribution in [2.75, 3.05) is 0 Å². The van der Waals surface area contributed by atoms with Crippen LogP contribution >= 0.6 is 11.3 Å². The predicted molar refractivity (Wildman–Crippen MR) is 78.2 cm³/mol. The van der Waals surface area contributed by atoms with Crippen LogP contribution in [0.3, 0.4) is 0 Å². The van der Waals surface area contributed by atoms with Crippen molar-refractivity contribution in [2.45, 2.75) is 52.7 Å². The van der Waals surface area contributed by atoms with Crippen molar-refractivity contribution in [3.05, 3.63) is 16.1 Å². The van der Waals surface area contributed by atoms with Crippen molar-refractivity contribution in [3.8, 4) is 0 Å². The molecule has 1 N–H and O–H groups in total. The molecule has 0 spiro atoms. The molecular formula is C14H21N3O2S. The molecule has 0 bridgehead atoms. The van der Waals surface area contributed by atoms with E-state index in [1.54, 1.807) is 4.90 Å². The summed E-state index contributed by atoms with van der Waals surface area (Å²) in [7, 11) is 0. The lowest BCUT2D eigenvalue weighted by atomic mass is 9.96. The lowest BCUT2D eigenvalue weighted by Gasteiger charge is -2.40. The van der Waals surface area contributed by atoms with Crippen molar-refractivity contribution < 1.29 is 9.59 Å². The van der Waals surface area contributed by atoms with Crippen molar-refractivity contribution in [1.82, 2.24) is 15.2 Å². The first kappa shape index (κ1) is 15.0. The zero-order chi connectivity index (χ0) is 14.9. The number of nitrogens with one attached hydrogen (secondary N) is 1. The van der Waals surface area contributed by atoms with Gasteiger partial charge in [-0.25, -0.2) is 4.98 Å². The van der Waals surface area contributed by atoms with Crippen LogP contribution in [0.15, 0.2) is 5.38 Å². The number of hydrogen-bond donors (Lipinski definition) is 1. The van der Waals surface area contributed by atoms with Gasteiger partial charge in [0.05, 0.1) is 6.54 Å². The number of aromatic nitrogens is 1. The standard InChI is InChI=1S/C14H21N3O2S/c1-5-10-14(19)17(6-11-15-9(4)7-20-11)12(8(2)3)13(18)16-10/h7-8,10,12H,5-6H2,1-4H3,(H,16,18). The Balaban J connectivity index is 2.27. The molecule has 2 unspecified atom stereocenters. The van der Waals surface area contributed by atoms with Gasteiger partial charge in [-0.1, -0.05) is 20.8 Å². The zero-order valence-corrected chi connectivity index (χ0v) is 13.2. The first-order valence-electron chi connectivity index (χ1n) is 6.95. The molecule has 20 heavy (non-hydrogen) atoms. The Morgan fingerprint density at radius 2 is 2.15 bits per heavy atom. The van der Waals surface area contributed by atoms with Gasteiger partial charge in [0, 0.05) is 11.1 Å². The van der Waals surface area contributed by atoms with Crippen LogP contribution in [-0.4, -0.2) is 33.8 Å². The Hall–Kier alpha value is -1.43. The van der Waals surface area contributed by atoms with Crippen LogP contribution in [0.4, 0.5) is 0 Å². The highest BCUT2D eigenvalue weighted by molar-refractivity contribution is 7.09. The topological polar surface area (TPSA) is 62.3 Å². The second-order valence-electron chi connectivity index (χ2n) is 5.51. The van der Waals surface area contributed by atoms with Crippen LogP contribution in [0.2, 0.25) is 0 Å². The van der Waals surface area contributed by atoms with Crippen LogP contribution in [0.5, 0.6) is 0 Å². The van der Waals surface area contributed by atoms with E-state index < -0.39 is 12.1 Å². The SMILES string of the molecule is CCC1NC(=O)C(C(C)C)N(Cc2nc(C)cs2)C1=O. The summed E-state index contributed by atoms with van der Waals surface area (Å²) in [5.74, 6) is 0.0243. The fraction of sp³-hybridized carbons (Fsp3) is 0.643. The van der Waals surface area contributed by atoms with Crippen molar-refractivity contribution >= 4 is 23.2 Å². The van der Waals surface area contributed by atoms with E-state index in [4.69, 9.17) is 0 Å².